The van der Waals surface area contributed by atoms with Gasteiger partial charge in [0.05, 0.1) is 0 Å². The summed E-state index contributed by atoms with van der Waals surface area (Å²) in [4.78, 5) is 0. The lowest BCUT2D eigenvalue weighted by Gasteiger charge is -2.27. The second-order valence-electron chi connectivity index (χ2n) is 1.78. The maximum absolute atomic E-state index is 8.78. The van der Waals surface area contributed by atoms with E-state index in [1.165, 1.54) is 11.8 Å². The van der Waals surface area contributed by atoms with Gasteiger partial charge in [-0.1, -0.05) is 5.16 Å². The third-order valence-corrected chi connectivity index (χ3v) is 7.71. The minimum Gasteiger partial charge on any atom is -0.410 e. The summed E-state index contributed by atoms with van der Waals surface area (Å²) < 4.78 is -0.145. The van der Waals surface area contributed by atoms with Crippen molar-refractivity contribution in [1.29, 1.82) is 0 Å². The summed E-state index contributed by atoms with van der Waals surface area (Å²) in [6, 6.07) is 0. The fourth-order valence-electron chi connectivity index (χ4n) is 0.739. The van der Waals surface area contributed by atoms with Crippen molar-refractivity contribution in [2.75, 3.05) is 25.0 Å². The highest BCUT2D eigenvalue weighted by atomic mass is 32.3. The third-order valence-electron chi connectivity index (χ3n) is 1.35. The molecule has 0 atom stereocenters. The lowest BCUT2D eigenvalue weighted by atomic mass is 10.8. The SMILES string of the molecule is CS/C(=N\O)C(SC)(SC)SC. The minimum absolute atomic E-state index is 0.145. The molecular formula is C6H13NOS4. The molecule has 0 saturated heterocycles. The number of hydrogen-bond acceptors (Lipinski definition) is 6. The molecule has 0 aromatic heterocycles. The van der Waals surface area contributed by atoms with Crippen molar-refractivity contribution in [1.82, 2.24) is 0 Å². The Morgan fingerprint density at radius 3 is 1.58 bits per heavy atom. The van der Waals surface area contributed by atoms with Gasteiger partial charge in [-0.15, -0.1) is 47.0 Å². The van der Waals surface area contributed by atoms with Gasteiger partial charge in [0.1, 0.15) is 5.04 Å². The molecular weight excluding hydrogens is 230 g/mol. The van der Waals surface area contributed by atoms with Crippen LogP contribution in [0.3, 0.4) is 0 Å². The number of oxime groups is 1. The molecule has 6 heteroatoms. The van der Waals surface area contributed by atoms with Crippen LogP contribution in [0.15, 0.2) is 5.16 Å². The van der Waals surface area contributed by atoms with Gasteiger partial charge in [-0.05, 0) is 25.0 Å². The molecule has 0 amide bonds. The molecule has 0 aliphatic rings. The van der Waals surface area contributed by atoms with Crippen LogP contribution < -0.4 is 0 Å². The molecule has 0 spiro atoms. The van der Waals surface area contributed by atoms with Crippen LogP contribution in [0.25, 0.3) is 0 Å². The first-order chi connectivity index (χ1) is 5.70. The third kappa shape index (κ3) is 2.68. The van der Waals surface area contributed by atoms with E-state index in [0.717, 1.165) is 5.04 Å². The Morgan fingerprint density at radius 1 is 1.08 bits per heavy atom. The van der Waals surface area contributed by atoms with Crippen molar-refractivity contribution in [3.63, 3.8) is 0 Å². The fraction of sp³-hybridized carbons (Fsp3) is 0.833. The standard InChI is InChI=1S/C6H13NOS4/c1-9-5(7-8)6(10-2,11-3)12-4/h8H,1-4H3/b7-5-. The van der Waals surface area contributed by atoms with Gasteiger partial charge in [0.15, 0.2) is 3.41 Å². The van der Waals surface area contributed by atoms with Crippen LogP contribution in [0.5, 0.6) is 0 Å². The molecule has 0 rings (SSSR count). The van der Waals surface area contributed by atoms with E-state index in [0.29, 0.717) is 0 Å². The zero-order chi connectivity index (χ0) is 9.61. The summed E-state index contributed by atoms with van der Waals surface area (Å²) in [6.07, 6.45) is 7.99. The van der Waals surface area contributed by atoms with Crippen molar-refractivity contribution in [3.8, 4) is 0 Å². The topological polar surface area (TPSA) is 32.6 Å². The summed E-state index contributed by atoms with van der Waals surface area (Å²) in [6.45, 7) is 0. The van der Waals surface area contributed by atoms with Crippen LogP contribution in [0.4, 0.5) is 0 Å². The van der Waals surface area contributed by atoms with Crippen LogP contribution in [-0.4, -0.2) is 38.7 Å². The van der Waals surface area contributed by atoms with Crippen molar-refractivity contribution >= 4 is 52.1 Å². The molecule has 72 valence electrons. The van der Waals surface area contributed by atoms with Gasteiger partial charge in [-0.2, -0.15) is 0 Å². The molecule has 0 aromatic carbocycles. The van der Waals surface area contributed by atoms with E-state index in [-0.39, 0.29) is 3.41 Å². The van der Waals surface area contributed by atoms with Crippen LogP contribution in [0.2, 0.25) is 0 Å². The molecule has 0 aliphatic carbocycles. The Balaban J connectivity index is 4.68. The van der Waals surface area contributed by atoms with E-state index < -0.39 is 0 Å². The van der Waals surface area contributed by atoms with Crippen LogP contribution >= 0.6 is 47.0 Å². The molecule has 12 heavy (non-hydrogen) atoms. The number of rotatable bonds is 4. The van der Waals surface area contributed by atoms with E-state index in [2.05, 4.69) is 5.16 Å². The largest absolute Gasteiger partial charge is 0.410 e. The van der Waals surface area contributed by atoms with Crippen molar-refractivity contribution < 1.29 is 5.21 Å². The molecule has 0 saturated carbocycles. The average Bonchev–Trinajstić information content (AvgIpc) is 2.14. The van der Waals surface area contributed by atoms with Gasteiger partial charge in [0.2, 0.25) is 0 Å². The number of nitrogens with zero attached hydrogens (tertiary/aromatic N) is 1. The second kappa shape index (κ2) is 6.34. The summed E-state index contributed by atoms with van der Waals surface area (Å²) in [5.41, 5.74) is 0. The summed E-state index contributed by atoms with van der Waals surface area (Å²) in [5, 5.41) is 12.9. The van der Waals surface area contributed by atoms with Crippen molar-refractivity contribution in [3.05, 3.63) is 0 Å². The average molecular weight is 243 g/mol. The van der Waals surface area contributed by atoms with Crippen LogP contribution in [-0.2, 0) is 0 Å². The highest BCUT2D eigenvalue weighted by Crippen LogP contribution is 2.46. The first-order valence-corrected chi connectivity index (χ1v) is 8.02. The fourth-order valence-corrected chi connectivity index (χ4v) is 5.22. The minimum atomic E-state index is -0.145. The maximum Gasteiger partial charge on any atom is 0.158 e. The van der Waals surface area contributed by atoms with Crippen LogP contribution in [0.1, 0.15) is 0 Å². The lowest BCUT2D eigenvalue weighted by molar-refractivity contribution is 0.320. The molecule has 0 aromatic rings. The quantitative estimate of drug-likeness (QED) is 0.270. The Labute approximate surface area is 90.7 Å². The van der Waals surface area contributed by atoms with Gasteiger partial charge >= 0.3 is 0 Å². The van der Waals surface area contributed by atoms with Gasteiger partial charge in [0, 0.05) is 0 Å². The van der Waals surface area contributed by atoms with Gasteiger partial charge < -0.3 is 5.21 Å². The monoisotopic (exact) mass is 243 g/mol. The van der Waals surface area contributed by atoms with Gasteiger partial charge in [-0.3, -0.25) is 0 Å². The highest BCUT2D eigenvalue weighted by Gasteiger charge is 2.33. The highest BCUT2D eigenvalue weighted by molar-refractivity contribution is 8.37. The summed E-state index contributed by atoms with van der Waals surface area (Å²) in [5.74, 6) is 0. The molecule has 0 aliphatic heterocycles. The zero-order valence-electron chi connectivity index (χ0n) is 7.53. The number of hydrogen-bond donors (Lipinski definition) is 1. The second-order valence-corrected chi connectivity index (χ2v) is 6.41. The Kier molecular flexibility index (Phi) is 6.80. The van der Waals surface area contributed by atoms with Crippen molar-refractivity contribution in [2.45, 2.75) is 3.41 Å². The van der Waals surface area contributed by atoms with E-state index in [9.17, 15) is 0 Å². The molecule has 2 nitrogen and oxygen atoms in total. The maximum atomic E-state index is 8.78. The molecule has 0 unspecified atom stereocenters. The Hall–Kier alpha value is 0.870. The van der Waals surface area contributed by atoms with E-state index in [1.54, 1.807) is 35.3 Å². The van der Waals surface area contributed by atoms with E-state index >= 15 is 0 Å². The van der Waals surface area contributed by atoms with Crippen molar-refractivity contribution in [2.24, 2.45) is 5.16 Å². The molecule has 0 bridgehead atoms. The molecule has 0 heterocycles. The first-order valence-electron chi connectivity index (χ1n) is 3.12. The molecule has 1 N–H and O–H groups in total. The van der Waals surface area contributed by atoms with Crippen LogP contribution in [0, 0.1) is 0 Å². The molecule has 0 fully saturated rings. The Morgan fingerprint density at radius 2 is 1.50 bits per heavy atom. The van der Waals surface area contributed by atoms with Gasteiger partial charge in [0.25, 0.3) is 0 Å². The number of thioether (sulfide) groups is 4. The lowest BCUT2D eigenvalue weighted by Crippen LogP contribution is -2.24. The predicted octanol–water partition coefficient (Wildman–Crippen LogP) is 2.88. The smallest absolute Gasteiger partial charge is 0.158 e. The normalized spacial score (nSPS) is 13.5. The zero-order valence-corrected chi connectivity index (χ0v) is 10.8. The summed E-state index contributed by atoms with van der Waals surface area (Å²) >= 11 is 6.55. The van der Waals surface area contributed by atoms with E-state index in [4.69, 9.17) is 5.21 Å². The summed E-state index contributed by atoms with van der Waals surface area (Å²) in [7, 11) is 0. The Bertz CT molecular complexity index is 149. The van der Waals surface area contributed by atoms with Gasteiger partial charge in [-0.25, -0.2) is 0 Å². The van der Waals surface area contributed by atoms with E-state index in [1.807, 2.05) is 25.0 Å². The predicted molar refractivity (Wildman–Crippen MR) is 66.0 cm³/mol. The first kappa shape index (κ1) is 12.9. The molecule has 0 radical (unpaired) electrons.